The molecule has 0 radical (unpaired) electrons. The molecule has 5 rings (SSSR count). The van der Waals surface area contributed by atoms with Gasteiger partial charge in [-0.3, -0.25) is 9.59 Å². The second-order valence-electron chi connectivity index (χ2n) is 9.51. The maximum absolute atomic E-state index is 14.4. The first-order valence-electron chi connectivity index (χ1n) is 12.3. The third-order valence-corrected chi connectivity index (χ3v) is 7.63. The SMILES string of the molecule is COc1ccc2cc(Br)ccc2c1CN1C(=O)[C@@H](NC(=O)[C@@H](C)N)C2(CCOCC2)Oc2ccccc21. The van der Waals surface area contributed by atoms with Crippen molar-refractivity contribution in [2.75, 3.05) is 25.2 Å². The Kier molecular flexibility index (Phi) is 7.11. The number of carbonyl (C=O) groups is 2. The molecule has 37 heavy (non-hydrogen) atoms. The molecule has 0 aliphatic carbocycles. The number of hydrogen-bond acceptors (Lipinski definition) is 6. The third-order valence-electron chi connectivity index (χ3n) is 7.13. The van der Waals surface area contributed by atoms with Gasteiger partial charge in [0.2, 0.25) is 5.91 Å². The molecular weight excluding hydrogens is 538 g/mol. The van der Waals surface area contributed by atoms with E-state index in [1.54, 1.807) is 18.9 Å². The zero-order valence-electron chi connectivity index (χ0n) is 20.8. The summed E-state index contributed by atoms with van der Waals surface area (Å²) in [5, 5.41) is 4.90. The van der Waals surface area contributed by atoms with Gasteiger partial charge in [0.1, 0.15) is 23.1 Å². The molecule has 9 heteroatoms. The molecule has 1 saturated heterocycles. The van der Waals surface area contributed by atoms with Gasteiger partial charge in [0, 0.05) is 22.9 Å². The Labute approximate surface area is 224 Å². The average molecular weight is 568 g/mol. The molecule has 0 aromatic heterocycles. The van der Waals surface area contributed by atoms with Crippen LogP contribution in [0, 0.1) is 0 Å². The molecule has 3 N–H and O–H groups in total. The number of carbonyl (C=O) groups excluding carboxylic acids is 2. The summed E-state index contributed by atoms with van der Waals surface area (Å²) >= 11 is 3.54. The summed E-state index contributed by atoms with van der Waals surface area (Å²) in [6.07, 6.45) is 0.910. The van der Waals surface area contributed by atoms with Crippen molar-refractivity contribution in [3.8, 4) is 11.5 Å². The third kappa shape index (κ3) is 4.79. The number of rotatable bonds is 5. The van der Waals surface area contributed by atoms with E-state index < -0.39 is 23.6 Å². The minimum atomic E-state index is -0.960. The molecule has 2 amide bonds. The minimum Gasteiger partial charge on any atom is -0.496 e. The highest BCUT2D eigenvalue weighted by atomic mass is 79.9. The lowest BCUT2D eigenvalue weighted by Gasteiger charge is -2.41. The summed E-state index contributed by atoms with van der Waals surface area (Å²) in [5.41, 5.74) is 6.42. The molecule has 0 saturated carbocycles. The van der Waals surface area contributed by atoms with Gasteiger partial charge in [-0.25, -0.2) is 0 Å². The number of halogens is 1. The number of nitrogens with one attached hydrogen (secondary N) is 1. The smallest absolute Gasteiger partial charge is 0.254 e. The standard InChI is InChI=1S/C28H30BrN3O5/c1-17(30)26(33)31-25-27(34)32(16-21-20-9-8-19(29)15-18(20)7-10-23(21)35-2)22-5-3-4-6-24(22)37-28(25)11-13-36-14-12-28/h3-10,15,17,25H,11-14,16,30H2,1-2H3,(H,31,33)/t17-,25-/m1/s1. The summed E-state index contributed by atoms with van der Waals surface area (Å²) in [4.78, 5) is 28.9. The van der Waals surface area contributed by atoms with Crippen LogP contribution in [0.1, 0.15) is 25.3 Å². The van der Waals surface area contributed by atoms with Crippen molar-refractivity contribution in [3.05, 3.63) is 64.6 Å². The van der Waals surface area contributed by atoms with E-state index in [9.17, 15) is 9.59 Å². The van der Waals surface area contributed by atoms with Crippen molar-refractivity contribution in [1.82, 2.24) is 5.32 Å². The van der Waals surface area contributed by atoms with Crippen molar-refractivity contribution < 1.29 is 23.8 Å². The van der Waals surface area contributed by atoms with Crippen LogP contribution in [0.4, 0.5) is 5.69 Å². The number of fused-ring (bicyclic) bond motifs is 2. The van der Waals surface area contributed by atoms with Gasteiger partial charge in [-0.2, -0.15) is 0 Å². The zero-order chi connectivity index (χ0) is 26.2. The van der Waals surface area contributed by atoms with Crippen molar-refractivity contribution in [1.29, 1.82) is 0 Å². The zero-order valence-corrected chi connectivity index (χ0v) is 22.4. The normalized spacial score (nSPS) is 19.6. The van der Waals surface area contributed by atoms with E-state index in [4.69, 9.17) is 19.9 Å². The van der Waals surface area contributed by atoms with Crippen molar-refractivity contribution in [2.45, 2.75) is 44.0 Å². The van der Waals surface area contributed by atoms with Crippen molar-refractivity contribution in [3.63, 3.8) is 0 Å². The van der Waals surface area contributed by atoms with E-state index in [0.29, 0.717) is 43.2 Å². The van der Waals surface area contributed by atoms with Crippen LogP contribution in [0.25, 0.3) is 10.8 Å². The molecule has 2 aliphatic heterocycles. The highest BCUT2D eigenvalue weighted by molar-refractivity contribution is 9.10. The first-order chi connectivity index (χ1) is 17.8. The molecule has 3 aromatic rings. The van der Waals surface area contributed by atoms with E-state index >= 15 is 0 Å². The van der Waals surface area contributed by atoms with Crippen LogP contribution in [0.2, 0.25) is 0 Å². The van der Waals surface area contributed by atoms with Gasteiger partial charge in [-0.1, -0.05) is 40.2 Å². The summed E-state index contributed by atoms with van der Waals surface area (Å²) in [6.45, 7) is 2.66. The molecule has 0 bridgehead atoms. The van der Waals surface area contributed by atoms with E-state index in [1.807, 2.05) is 54.6 Å². The predicted octanol–water partition coefficient (Wildman–Crippen LogP) is 3.92. The number of amides is 2. The van der Waals surface area contributed by atoms with Crippen molar-refractivity contribution in [2.24, 2.45) is 5.73 Å². The highest BCUT2D eigenvalue weighted by Gasteiger charge is 2.51. The van der Waals surface area contributed by atoms with Gasteiger partial charge in [-0.15, -0.1) is 0 Å². The molecule has 1 fully saturated rings. The maximum atomic E-state index is 14.4. The van der Waals surface area contributed by atoms with E-state index in [1.165, 1.54) is 0 Å². The number of benzene rings is 3. The van der Waals surface area contributed by atoms with Gasteiger partial charge < -0.3 is 30.2 Å². The van der Waals surface area contributed by atoms with Crippen LogP contribution in [-0.4, -0.2) is 49.8 Å². The number of anilines is 1. The topological polar surface area (TPSA) is 103 Å². The number of nitrogens with zero attached hydrogens (tertiary/aromatic N) is 1. The molecule has 2 aliphatic rings. The number of methoxy groups -OCH3 is 1. The van der Waals surface area contributed by atoms with Gasteiger partial charge in [0.15, 0.2) is 0 Å². The number of hydrogen-bond donors (Lipinski definition) is 2. The molecule has 8 nitrogen and oxygen atoms in total. The second-order valence-corrected chi connectivity index (χ2v) is 10.4. The molecule has 3 aromatic carbocycles. The fraction of sp³-hybridized carbons (Fsp3) is 0.357. The fourth-order valence-electron chi connectivity index (χ4n) is 5.14. The molecule has 1 spiro atoms. The lowest BCUT2D eigenvalue weighted by molar-refractivity contribution is -0.137. The van der Waals surface area contributed by atoms with Crippen molar-refractivity contribution >= 4 is 44.2 Å². The Morgan fingerprint density at radius 3 is 2.70 bits per heavy atom. The summed E-state index contributed by atoms with van der Waals surface area (Å²) in [7, 11) is 1.62. The summed E-state index contributed by atoms with van der Waals surface area (Å²) in [5.74, 6) is 0.572. The molecular formula is C28H30BrN3O5. The predicted molar refractivity (Wildman–Crippen MR) is 145 cm³/mol. The van der Waals surface area contributed by atoms with Crippen LogP contribution < -0.4 is 25.4 Å². The van der Waals surface area contributed by atoms with Gasteiger partial charge in [-0.05, 0) is 48.0 Å². The Hall–Kier alpha value is -3.14. The number of nitrogens with two attached hydrogens (primary N) is 1. The molecule has 0 unspecified atom stereocenters. The van der Waals surface area contributed by atoms with E-state index in [-0.39, 0.29) is 12.5 Å². The Bertz CT molecular complexity index is 1340. The summed E-state index contributed by atoms with van der Waals surface area (Å²) in [6, 6.07) is 15.7. The Morgan fingerprint density at radius 1 is 1.22 bits per heavy atom. The van der Waals surface area contributed by atoms with Gasteiger partial charge in [0.05, 0.1) is 38.6 Å². The van der Waals surface area contributed by atoms with E-state index in [0.717, 1.165) is 20.8 Å². The van der Waals surface area contributed by atoms with Crippen LogP contribution >= 0.6 is 15.9 Å². The largest absolute Gasteiger partial charge is 0.496 e. The maximum Gasteiger partial charge on any atom is 0.254 e. The lowest BCUT2D eigenvalue weighted by atomic mass is 9.84. The Morgan fingerprint density at radius 2 is 1.97 bits per heavy atom. The van der Waals surface area contributed by atoms with Crippen LogP contribution in [0.3, 0.4) is 0 Å². The first-order valence-corrected chi connectivity index (χ1v) is 13.1. The fourth-order valence-corrected chi connectivity index (χ4v) is 5.52. The monoisotopic (exact) mass is 567 g/mol. The van der Waals surface area contributed by atoms with E-state index in [2.05, 4.69) is 21.2 Å². The molecule has 2 atom stereocenters. The minimum absolute atomic E-state index is 0.221. The molecule has 2 heterocycles. The quantitative estimate of drug-likeness (QED) is 0.484. The van der Waals surface area contributed by atoms with Crippen LogP contribution in [0.5, 0.6) is 11.5 Å². The number of para-hydroxylation sites is 2. The number of ether oxygens (including phenoxy) is 3. The Balaban J connectivity index is 1.65. The van der Waals surface area contributed by atoms with Gasteiger partial charge >= 0.3 is 0 Å². The van der Waals surface area contributed by atoms with Crippen LogP contribution in [-0.2, 0) is 20.9 Å². The lowest BCUT2D eigenvalue weighted by Crippen LogP contribution is -2.65. The second kappa shape index (κ2) is 10.3. The molecule has 194 valence electrons. The summed E-state index contributed by atoms with van der Waals surface area (Å²) < 4.78 is 18.9. The average Bonchev–Trinajstić information content (AvgIpc) is 2.98. The van der Waals surface area contributed by atoms with Gasteiger partial charge in [0.25, 0.3) is 5.91 Å². The van der Waals surface area contributed by atoms with Crippen LogP contribution in [0.15, 0.2) is 59.1 Å². The highest BCUT2D eigenvalue weighted by Crippen LogP contribution is 2.42. The first kappa shape index (κ1) is 25.5.